The fourth-order valence-corrected chi connectivity index (χ4v) is 2.56. The molecule has 116 valence electrons. The molecule has 0 atom stereocenters. The molecule has 0 aliphatic rings. The molecule has 0 aliphatic carbocycles. The summed E-state index contributed by atoms with van der Waals surface area (Å²) in [7, 11) is 0. The number of nitrogens with one attached hydrogen (secondary N) is 2. The minimum atomic E-state index is -0.446. The quantitative estimate of drug-likeness (QED) is 0.781. The standard InChI is InChI=1S/C18H15FN2O2/c1-11-14-4-2-3-5-15(14)21-18(23)16(11)17(22)20-10-12-6-8-13(19)9-7-12/h2-9H,10H2,1H3,(H,20,22)(H,21,23). The van der Waals surface area contributed by atoms with Gasteiger partial charge < -0.3 is 10.3 Å². The summed E-state index contributed by atoms with van der Waals surface area (Å²) in [4.78, 5) is 27.3. The fourth-order valence-electron chi connectivity index (χ4n) is 2.56. The Morgan fingerprint density at radius 2 is 1.83 bits per heavy atom. The van der Waals surface area contributed by atoms with Crippen LogP contribution in [0.4, 0.5) is 4.39 Å². The zero-order valence-electron chi connectivity index (χ0n) is 12.5. The number of aromatic nitrogens is 1. The summed E-state index contributed by atoms with van der Waals surface area (Å²) in [6.45, 7) is 1.98. The normalized spacial score (nSPS) is 10.7. The van der Waals surface area contributed by atoms with Gasteiger partial charge in [-0.15, -0.1) is 0 Å². The zero-order valence-corrected chi connectivity index (χ0v) is 12.5. The Balaban J connectivity index is 1.89. The fraction of sp³-hybridized carbons (Fsp3) is 0.111. The second-order valence-corrected chi connectivity index (χ2v) is 5.31. The minimum absolute atomic E-state index is 0.103. The van der Waals surface area contributed by atoms with Crippen LogP contribution in [0, 0.1) is 12.7 Å². The highest BCUT2D eigenvalue weighted by molar-refractivity contribution is 5.99. The molecule has 0 unspecified atom stereocenters. The molecule has 0 bridgehead atoms. The molecule has 5 heteroatoms. The van der Waals surface area contributed by atoms with Crippen molar-refractivity contribution >= 4 is 16.8 Å². The molecule has 0 aliphatic heterocycles. The molecular formula is C18H15FN2O2. The van der Waals surface area contributed by atoms with Crippen molar-refractivity contribution in [2.45, 2.75) is 13.5 Å². The number of carbonyl (C=O) groups is 1. The van der Waals surface area contributed by atoms with E-state index >= 15 is 0 Å². The highest BCUT2D eigenvalue weighted by Gasteiger charge is 2.16. The number of carbonyl (C=O) groups excluding carboxylic acids is 1. The van der Waals surface area contributed by atoms with Crippen LogP contribution in [0.1, 0.15) is 21.5 Å². The maximum atomic E-state index is 12.9. The summed E-state index contributed by atoms with van der Waals surface area (Å²) in [5.74, 6) is -0.777. The summed E-state index contributed by atoms with van der Waals surface area (Å²) in [6.07, 6.45) is 0. The largest absolute Gasteiger partial charge is 0.348 e. The van der Waals surface area contributed by atoms with Crippen LogP contribution in [0.15, 0.2) is 53.3 Å². The lowest BCUT2D eigenvalue weighted by Gasteiger charge is -2.09. The van der Waals surface area contributed by atoms with E-state index in [0.29, 0.717) is 11.1 Å². The SMILES string of the molecule is Cc1c(C(=O)NCc2ccc(F)cc2)c(=O)[nH]c2ccccc12. The summed E-state index contributed by atoms with van der Waals surface area (Å²) >= 11 is 0. The van der Waals surface area contributed by atoms with Crippen LogP contribution in [0.2, 0.25) is 0 Å². The predicted octanol–water partition coefficient (Wildman–Crippen LogP) is 2.91. The molecule has 4 nitrogen and oxygen atoms in total. The van der Waals surface area contributed by atoms with Crippen molar-refractivity contribution in [1.29, 1.82) is 0 Å². The molecule has 23 heavy (non-hydrogen) atoms. The van der Waals surface area contributed by atoms with Gasteiger partial charge in [-0.3, -0.25) is 9.59 Å². The van der Waals surface area contributed by atoms with Crippen LogP contribution >= 0.6 is 0 Å². The zero-order chi connectivity index (χ0) is 16.4. The molecule has 1 aromatic heterocycles. The number of H-pyrrole nitrogens is 1. The Kier molecular flexibility index (Phi) is 3.93. The monoisotopic (exact) mass is 310 g/mol. The molecule has 1 amide bonds. The molecule has 2 aromatic carbocycles. The van der Waals surface area contributed by atoms with Crippen LogP contribution < -0.4 is 10.9 Å². The van der Waals surface area contributed by atoms with Gasteiger partial charge in [0.25, 0.3) is 11.5 Å². The van der Waals surface area contributed by atoms with Crippen LogP contribution in [0.3, 0.4) is 0 Å². The van der Waals surface area contributed by atoms with Gasteiger partial charge in [-0.1, -0.05) is 30.3 Å². The van der Waals surface area contributed by atoms with Gasteiger partial charge in [0.2, 0.25) is 0 Å². The van der Waals surface area contributed by atoms with Gasteiger partial charge in [-0.05, 0) is 36.2 Å². The first-order valence-corrected chi connectivity index (χ1v) is 7.20. The highest BCUT2D eigenvalue weighted by Crippen LogP contribution is 2.16. The second kappa shape index (κ2) is 6.04. The first-order valence-electron chi connectivity index (χ1n) is 7.20. The van der Waals surface area contributed by atoms with E-state index in [1.807, 2.05) is 18.2 Å². The van der Waals surface area contributed by atoms with Gasteiger partial charge in [0, 0.05) is 17.4 Å². The Morgan fingerprint density at radius 3 is 2.57 bits per heavy atom. The Morgan fingerprint density at radius 1 is 1.13 bits per heavy atom. The van der Waals surface area contributed by atoms with Gasteiger partial charge in [-0.2, -0.15) is 0 Å². The van der Waals surface area contributed by atoms with Crippen LogP contribution in [0.25, 0.3) is 10.9 Å². The molecule has 3 aromatic rings. The topological polar surface area (TPSA) is 62.0 Å². The lowest BCUT2D eigenvalue weighted by Crippen LogP contribution is -2.30. The molecule has 0 saturated carbocycles. The van der Waals surface area contributed by atoms with Crippen molar-refractivity contribution < 1.29 is 9.18 Å². The summed E-state index contributed by atoms with van der Waals surface area (Å²) in [6, 6.07) is 13.2. The molecule has 3 rings (SSSR count). The summed E-state index contributed by atoms with van der Waals surface area (Å²) in [5.41, 5.74) is 1.78. The summed E-state index contributed by atoms with van der Waals surface area (Å²) in [5, 5.41) is 3.53. The van der Waals surface area contributed by atoms with Crippen LogP contribution in [0.5, 0.6) is 0 Å². The maximum Gasteiger partial charge on any atom is 0.261 e. The van der Waals surface area contributed by atoms with Crippen molar-refractivity contribution in [3.8, 4) is 0 Å². The van der Waals surface area contributed by atoms with Crippen LogP contribution in [-0.4, -0.2) is 10.9 Å². The molecule has 0 spiro atoms. The van der Waals surface area contributed by atoms with E-state index in [9.17, 15) is 14.0 Å². The predicted molar refractivity (Wildman–Crippen MR) is 86.9 cm³/mol. The summed E-state index contributed by atoms with van der Waals surface area (Å²) < 4.78 is 12.9. The van der Waals surface area contributed by atoms with Gasteiger partial charge in [0.1, 0.15) is 11.4 Å². The lowest BCUT2D eigenvalue weighted by atomic mass is 10.0. The smallest absolute Gasteiger partial charge is 0.261 e. The molecule has 1 heterocycles. The highest BCUT2D eigenvalue weighted by atomic mass is 19.1. The van der Waals surface area contributed by atoms with Crippen molar-refractivity contribution in [2.24, 2.45) is 0 Å². The molecule has 0 fully saturated rings. The third-order valence-corrected chi connectivity index (χ3v) is 3.77. The first kappa shape index (κ1) is 15.0. The number of hydrogen-bond acceptors (Lipinski definition) is 2. The Labute approximate surface area is 132 Å². The van der Waals surface area contributed by atoms with E-state index in [1.165, 1.54) is 12.1 Å². The van der Waals surface area contributed by atoms with Gasteiger partial charge >= 0.3 is 0 Å². The minimum Gasteiger partial charge on any atom is -0.348 e. The number of aryl methyl sites for hydroxylation is 1. The Bertz CT molecular complexity index is 930. The van der Waals surface area contributed by atoms with E-state index < -0.39 is 11.5 Å². The molecule has 2 N–H and O–H groups in total. The number of halogens is 1. The van der Waals surface area contributed by atoms with Gasteiger partial charge in [-0.25, -0.2) is 4.39 Å². The van der Waals surface area contributed by atoms with E-state index in [2.05, 4.69) is 10.3 Å². The first-order chi connectivity index (χ1) is 11.1. The number of benzene rings is 2. The number of para-hydroxylation sites is 1. The van der Waals surface area contributed by atoms with Crippen molar-refractivity contribution in [1.82, 2.24) is 10.3 Å². The van der Waals surface area contributed by atoms with Crippen molar-refractivity contribution in [3.05, 3.63) is 81.4 Å². The number of aromatic amines is 1. The molecule has 0 radical (unpaired) electrons. The average Bonchev–Trinajstić information content (AvgIpc) is 2.54. The Hall–Kier alpha value is -2.95. The second-order valence-electron chi connectivity index (χ2n) is 5.31. The average molecular weight is 310 g/mol. The number of pyridine rings is 1. The number of amides is 1. The third kappa shape index (κ3) is 2.99. The maximum absolute atomic E-state index is 12.9. The lowest BCUT2D eigenvalue weighted by molar-refractivity contribution is 0.0949. The van der Waals surface area contributed by atoms with E-state index in [1.54, 1.807) is 25.1 Å². The number of rotatable bonds is 3. The van der Waals surface area contributed by atoms with E-state index in [-0.39, 0.29) is 17.9 Å². The van der Waals surface area contributed by atoms with E-state index in [4.69, 9.17) is 0 Å². The van der Waals surface area contributed by atoms with Gasteiger partial charge in [0.15, 0.2) is 0 Å². The third-order valence-electron chi connectivity index (χ3n) is 3.77. The van der Waals surface area contributed by atoms with Crippen molar-refractivity contribution in [3.63, 3.8) is 0 Å². The number of hydrogen-bond donors (Lipinski definition) is 2. The molecule has 0 saturated heterocycles. The van der Waals surface area contributed by atoms with Crippen LogP contribution in [-0.2, 0) is 6.54 Å². The number of fused-ring (bicyclic) bond motifs is 1. The van der Waals surface area contributed by atoms with Gasteiger partial charge in [0.05, 0.1) is 0 Å². The van der Waals surface area contributed by atoms with E-state index in [0.717, 1.165) is 10.9 Å². The van der Waals surface area contributed by atoms with Crippen molar-refractivity contribution in [2.75, 3.05) is 0 Å². The molecular weight excluding hydrogens is 295 g/mol.